The van der Waals surface area contributed by atoms with Crippen molar-refractivity contribution in [3.05, 3.63) is 28.8 Å². The van der Waals surface area contributed by atoms with Crippen LogP contribution < -0.4 is 20.4 Å². The molecule has 1 heterocycles. The zero-order valence-electron chi connectivity index (χ0n) is 19.7. The lowest BCUT2D eigenvalue weighted by molar-refractivity contribution is -0.896. The Kier molecular flexibility index (Phi) is 9.45. The van der Waals surface area contributed by atoms with E-state index in [1.54, 1.807) is 0 Å². The van der Waals surface area contributed by atoms with Crippen LogP contribution in [0.2, 0.25) is 0 Å². The summed E-state index contributed by atoms with van der Waals surface area (Å²) in [6.07, 6.45) is 0.932. The largest absolute Gasteiger partial charge is 0.351 e. The molecule has 1 aliphatic rings. The first-order valence-corrected chi connectivity index (χ1v) is 11.3. The van der Waals surface area contributed by atoms with E-state index in [2.05, 4.69) is 22.8 Å². The van der Waals surface area contributed by atoms with Gasteiger partial charge in [-0.15, -0.1) is 0 Å². The Morgan fingerprint density at radius 2 is 1.65 bits per heavy atom. The van der Waals surface area contributed by atoms with Crippen molar-refractivity contribution >= 4 is 23.4 Å². The molecule has 8 nitrogen and oxygen atoms in total. The molecule has 0 bridgehead atoms. The molecule has 1 unspecified atom stereocenters. The number of nitrogens with zero attached hydrogens (tertiary/aromatic N) is 1. The van der Waals surface area contributed by atoms with E-state index in [0.717, 1.165) is 41.2 Å². The summed E-state index contributed by atoms with van der Waals surface area (Å²) in [5.41, 5.74) is 4.12. The molecule has 1 aromatic carbocycles. The van der Waals surface area contributed by atoms with E-state index in [-0.39, 0.29) is 30.8 Å². The molecule has 1 atom stereocenters. The molecule has 0 spiro atoms. The standard InChI is InChI=1S/C23H37N5O3/c1-6-7-24-20(29)15-27-8-10-28(11-9-27)22(31)16-26(5)14-21(30)25-23-18(3)12-17(2)13-19(23)4/h12-13H,6-11,14-16H2,1-5H3,(H,24,29)(H,25,30)/p+2. The van der Waals surface area contributed by atoms with Crippen LogP contribution >= 0.6 is 0 Å². The lowest BCUT2D eigenvalue weighted by Gasteiger charge is -2.32. The number of amides is 3. The van der Waals surface area contributed by atoms with E-state index in [1.807, 2.05) is 39.6 Å². The Hall–Kier alpha value is -2.45. The first kappa shape index (κ1) is 24.8. The van der Waals surface area contributed by atoms with Gasteiger partial charge in [-0.1, -0.05) is 24.6 Å². The number of likely N-dealkylation sites (N-methyl/N-ethyl adjacent to an activating group) is 1. The minimum atomic E-state index is -0.0901. The van der Waals surface area contributed by atoms with Crippen LogP contribution in [0.25, 0.3) is 0 Å². The van der Waals surface area contributed by atoms with E-state index in [0.29, 0.717) is 26.2 Å². The number of rotatable bonds is 9. The van der Waals surface area contributed by atoms with E-state index in [1.165, 1.54) is 10.5 Å². The molecule has 0 saturated carbocycles. The second-order valence-electron chi connectivity index (χ2n) is 8.79. The summed E-state index contributed by atoms with van der Waals surface area (Å²) in [5.74, 6) is 0.0426. The van der Waals surface area contributed by atoms with Crippen LogP contribution in [0.3, 0.4) is 0 Å². The highest BCUT2D eigenvalue weighted by molar-refractivity contribution is 5.93. The first-order valence-electron chi connectivity index (χ1n) is 11.3. The summed E-state index contributed by atoms with van der Waals surface area (Å²) < 4.78 is 0. The minimum absolute atomic E-state index is 0.0579. The van der Waals surface area contributed by atoms with Crippen LogP contribution in [-0.4, -0.2) is 82.0 Å². The van der Waals surface area contributed by atoms with Gasteiger partial charge in [0.2, 0.25) is 0 Å². The Balaban J connectivity index is 1.75. The van der Waals surface area contributed by atoms with Crippen LogP contribution in [-0.2, 0) is 14.4 Å². The van der Waals surface area contributed by atoms with Crippen molar-refractivity contribution in [2.75, 3.05) is 64.7 Å². The third-order valence-electron chi connectivity index (χ3n) is 5.66. The summed E-state index contributed by atoms with van der Waals surface area (Å²) in [6, 6.07) is 4.11. The Morgan fingerprint density at radius 1 is 1.03 bits per heavy atom. The molecule has 0 radical (unpaired) electrons. The summed E-state index contributed by atoms with van der Waals surface area (Å²) >= 11 is 0. The molecule has 2 rings (SSSR count). The number of nitrogens with one attached hydrogen (secondary N) is 4. The summed E-state index contributed by atoms with van der Waals surface area (Å²) in [5, 5.41) is 5.91. The Morgan fingerprint density at radius 3 is 2.23 bits per heavy atom. The van der Waals surface area contributed by atoms with Crippen molar-refractivity contribution in [3.63, 3.8) is 0 Å². The fourth-order valence-electron chi connectivity index (χ4n) is 4.07. The van der Waals surface area contributed by atoms with Gasteiger partial charge in [0.25, 0.3) is 17.7 Å². The highest BCUT2D eigenvalue weighted by Gasteiger charge is 2.27. The molecular formula is C23H39N5O3+2. The van der Waals surface area contributed by atoms with Crippen LogP contribution in [0.1, 0.15) is 30.0 Å². The number of quaternary nitrogens is 2. The number of benzene rings is 1. The molecule has 1 saturated heterocycles. The monoisotopic (exact) mass is 433 g/mol. The van der Waals surface area contributed by atoms with Gasteiger partial charge in [0, 0.05) is 12.2 Å². The number of anilines is 1. The summed E-state index contributed by atoms with van der Waals surface area (Å²) in [4.78, 5) is 40.9. The number of hydrogen-bond donors (Lipinski definition) is 4. The molecular weight excluding hydrogens is 394 g/mol. The van der Waals surface area contributed by atoms with Crippen molar-refractivity contribution in [3.8, 4) is 0 Å². The van der Waals surface area contributed by atoms with Gasteiger partial charge in [-0.05, 0) is 38.3 Å². The maximum absolute atomic E-state index is 12.6. The summed E-state index contributed by atoms with van der Waals surface area (Å²) in [7, 11) is 1.87. The normalized spacial score (nSPS) is 15.5. The summed E-state index contributed by atoms with van der Waals surface area (Å²) in [6.45, 7) is 12.6. The lowest BCUT2D eigenvalue weighted by atomic mass is 10.1. The molecule has 8 heteroatoms. The molecule has 1 aromatic rings. The van der Waals surface area contributed by atoms with Crippen molar-refractivity contribution in [1.82, 2.24) is 10.2 Å². The van der Waals surface area contributed by atoms with Crippen LogP contribution in [0.15, 0.2) is 12.1 Å². The van der Waals surface area contributed by atoms with E-state index < -0.39 is 0 Å². The SMILES string of the molecule is CCCNC(=O)C[NH+]1CCN(C(=O)C[NH+](C)CC(=O)Nc2c(C)cc(C)cc2C)CC1. The maximum atomic E-state index is 12.6. The average molecular weight is 434 g/mol. The van der Waals surface area contributed by atoms with Crippen molar-refractivity contribution in [1.29, 1.82) is 0 Å². The van der Waals surface area contributed by atoms with Crippen molar-refractivity contribution < 1.29 is 24.2 Å². The fourth-order valence-corrected chi connectivity index (χ4v) is 4.07. The lowest BCUT2D eigenvalue weighted by Crippen LogP contribution is -3.16. The zero-order chi connectivity index (χ0) is 23.0. The predicted molar refractivity (Wildman–Crippen MR) is 121 cm³/mol. The molecule has 3 amide bonds. The molecule has 31 heavy (non-hydrogen) atoms. The van der Waals surface area contributed by atoms with Crippen molar-refractivity contribution in [2.45, 2.75) is 34.1 Å². The van der Waals surface area contributed by atoms with Gasteiger partial charge in [-0.2, -0.15) is 0 Å². The highest BCUT2D eigenvalue weighted by atomic mass is 16.2. The third kappa shape index (κ3) is 7.95. The number of piperazine rings is 1. The van der Waals surface area contributed by atoms with Gasteiger partial charge >= 0.3 is 0 Å². The van der Waals surface area contributed by atoms with Gasteiger partial charge in [0.1, 0.15) is 0 Å². The van der Waals surface area contributed by atoms with Crippen LogP contribution in [0.5, 0.6) is 0 Å². The maximum Gasteiger partial charge on any atom is 0.279 e. The molecule has 1 fully saturated rings. The quantitative estimate of drug-likeness (QED) is 0.375. The fraction of sp³-hybridized carbons (Fsp3) is 0.609. The molecule has 0 aromatic heterocycles. The second kappa shape index (κ2) is 11.8. The van der Waals surface area contributed by atoms with Gasteiger partial charge in [0.05, 0.1) is 33.2 Å². The van der Waals surface area contributed by atoms with Crippen molar-refractivity contribution in [2.24, 2.45) is 0 Å². The minimum Gasteiger partial charge on any atom is -0.351 e. The Bertz CT molecular complexity index is 764. The predicted octanol–water partition coefficient (Wildman–Crippen LogP) is -1.68. The number of hydrogen-bond acceptors (Lipinski definition) is 3. The van der Waals surface area contributed by atoms with E-state index >= 15 is 0 Å². The average Bonchev–Trinajstić information content (AvgIpc) is 2.69. The highest BCUT2D eigenvalue weighted by Crippen LogP contribution is 2.21. The van der Waals surface area contributed by atoms with E-state index in [4.69, 9.17) is 0 Å². The Labute approximate surface area is 185 Å². The third-order valence-corrected chi connectivity index (χ3v) is 5.66. The number of aryl methyl sites for hydroxylation is 3. The molecule has 0 aliphatic carbocycles. The molecule has 1 aliphatic heterocycles. The van der Waals surface area contributed by atoms with Gasteiger partial charge < -0.3 is 25.3 Å². The molecule has 172 valence electrons. The zero-order valence-corrected chi connectivity index (χ0v) is 19.7. The van der Waals surface area contributed by atoms with Gasteiger partial charge in [-0.25, -0.2) is 0 Å². The van der Waals surface area contributed by atoms with E-state index in [9.17, 15) is 14.4 Å². The topological polar surface area (TPSA) is 87.4 Å². The number of carbonyl (C=O) groups excluding carboxylic acids is 3. The molecule has 4 N–H and O–H groups in total. The van der Waals surface area contributed by atoms with Crippen LogP contribution in [0, 0.1) is 20.8 Å². The number of carbonyl (C=O) groups is 3. The smallest absolute Gasteiger partial charge is 0.279 e. The second-order valence-corrected chi connectivity index (χ2v) is 8.79. The van der Waals surface area contributed by atoms with Crippen LogP contribution in [0.4, 0.5) is 5.69 Å². The van der Waals surface area contributed by atoms with Gasteiger partial charge in [-0.3, -0.25) is 14.4 Å². The van der Waals surface area contributed by atoms with Gasteiger partial charge in [0.15, 0.2) is 19.6 Å². The first-order chi connectivity index (χ1) is 14.7.